The van der Waals surface area contributed by atoms with Gasteiger partial charge in [-0.05, 0) is 19.8 Å². The molecule has 1 fully saturated rings. The standard InChI is InChI=1S/C6H11Br.Mg.2H/c1-6(7)4-2-3-5-6;;;/h2-5H2,1H3;;;. The van der Waals surface area contributed by atoms with Crippen LogP contribution in [-0.4, -0.2) is 27.4 Å². The van der Waals surface area contributed by atoms with Gasteiger partial charge in [0.25, 0.3) is 0 Å². The van der Waals surface area contributed by atoms with E-state index in [1.807, 2.05) is 0 Å². The predicted molar refractivity (Wildman–Crippen MR) is 44.3 cm³/mol. The number of hydrogen-bond donors (Lipinski definition) is 0. The molecule has 0 aromatic carbocycles. The van der Waals surface area contributed by atoms with Gasteiger partial charge < -0.3 is 0 Å². The Kier molecular flexibility index (Phi) is 3.96. The fraction of sp³-hybridized carbons (Fsp3) is 1.00. The molecule has 0 bridgehead atoms. The second-order valence-electron chi connectivity index (χ2n) is 2.62. The van der Waals surface area contributed by atoms with Crippen molar-refractivity contribution < 1.29 is 0 Å². The SMILES string of the molecule is CC1(Br)CCCC1.[MgH2]. The van der Waals surface area contributed by atoms with Gasteiger partial charge in [-0.15, -0.1) is 0 Å². The van der Waals surface area contributed by atoms with Gasteiger partial charge in [0, 0.05) is 4.32 Å². The summed E-state index contributed by atoms with van der Waals surface area (Å²) in [4.78, 5) is 0. The minimum atomic E-state index is 0. The maximum Gasteiger partial charge on any atom is 0.316 e. The molecular weight excluding hydrogens is 176 g/mol. The number of hydrogen-bond acceptors (Lipinski definition) is 0. The molecule has 1 rings (SSSR count). The van der Waals surface area contributed by atoms with Crippen LogP contribution in [0.1, 0.15) is 32.6 Å². The van der Waals surface area contributed by atoms with E-state index in [9.17, 15) is 0 Å². The van der Waals surface area contributed by atoms with Crippen molar-refractivity contribution in [1.29, 1.82) is 0 Å². The molecular formula is C6H13BrMg. The molecule has 0 heterocycles. The van der Waals surface area contributed by atoms with E-state index in [2.05, 4.69) is 22.9 Å². The summed E-state index contributed by atoms with van der Waals surface area (Å²) >= 11 is 3.64. The molecule has 0 aliphatic heterocycles. The van der Waals surface area contributed by atoms with Gasteiger partial charge in [-0.25, -0.2) is 0 Å². The summed E-state index contributed by atoms with van der Waals surface area (Å²) in [6.07, 6.45) is 5.57. The van der Waals surface area contributed by atoms with Crippen molar-refractivity contribution in [3.05, 3.63) is 0 Å². The second kappa shape index (κ2) is 3.42. The van der Waals surface area contributed by atoms with E-state index in [1.165, 1.54) is 25.7 Å². The Morgan fingerprint density at radius 1 is 1.25 bits per heavy atom. The molecule has 0 amide bonds. The van der Waals surface area contributed by atoms with Crippen molar-refractivity contribution in [3.8, 4) is 0 Å². The average Bonchev–Trinajstić information content (AvgIpc) is 1.84. The van der Waals surface area contributed by atoms with Gasteiger partial charge in [0.05, 0.1) is 0 Å². The fourth-order valence-corrected chi connectivity index (χ4v) is 1.67. The Morgan fingerprint density at radius 2 is 1.62 bits per heavy atom. The summed E-state index contributed by atoms with van der Waals surface area (Å²) in [6, 6.07) is 0. The lowest BCUT2D eigenvalue weighted by molar-refractivity contribution is 0.689. The van der Waals surface area contributed by atoms with Crippen LogP contribution in [0.2, 0.25) is 0 Å². The van der Waals surface area contributed by atoms with Crippen LogP contribution in [0.15, 0.2) is 0 Å². The van der Waals surface area contributed by atoms with Gasteiger partial charge in [0.2, 0.25) is 0 Å². The molecule has 0 unspecified atom stereocenters. The summed E-state index contributed by atoms with van der Waals surface area (Å²) in [5.74, 6) is 0. The zero-order chi connectivity index (χ0) is 5.33. The first kappa shape index (κ1) is 9.25. The van der Waals surface area contributed by atoms with Crippen molar-refractivity contribution in [1.82, 2.24) is 0 Å². The van der Waals surface area contributed by atoms with E-state index in [0.717, 1.165) is 0 Å². The van der Waals surface area contributed by atoms with Crippen molar-refractivity contribution in [2.75, 3.05) is 0 Å². The van der Waals surface area contributed by atoms with Crippen LogP contribution in [0, 0.1) is 0 Å². The molecule has 2 heteroatoms. The summed E-state index contributed by atoms with van der Waals surface area (Å²) in [5.41, 5.74) is 0. The van der Waals surface area contributed by atoms with Crippen LogP contribution < -0.4 is 0 Å². The molecule has 0 aromatic rings. The summed E-state index contributed by atoms with van der Waals surface area (Å²) in [6.45, 7) is 2.28. The highest BCUT2D eigenvalue weighted by Crippen LogP contribution is 2.36. The molecule has 8 heavy (non-hydrogen) atoms. The van der Waals surface area contributed by atoms with Crippen LogP contribution >= 0.6 is 15.9 Å². The van der Waals surface area contributed by atoms with Crippen LogP contribution in [0.3, 0.4) is 0 Å². The Hall–Kier alpha value is 1.25. The van der Waals surface area contributed by atoms with Crippen molar-refractivity contribution in [3.63, 3.8) is 0 Å². The van der Waals surface area contributed by atoms with E-state index >= 15 is 0 Å². The van der Waals surface area contributed by atoms with Gasteiger partial charge in [-0.1, -0.05) is 28.8 Å². The second-order valence-corrected chi connectivity index (χ2v) is 4.53. The minimum absolute atomic E-state index is 0. The molecule has 0 saturated heterocycles. The van der Waals surface area contributed by atoms with E-state index in [-0.39, 0.29) is 23.1 Å². The first-order valence-electron chi connectivity index (χ1n) is 2.90. The van der Waals surface area contributed by atoms with E-state index in [0.29, 0.717) is 4.32 Å². The third-order valence-corrected chi connectivity index (χ3v) is 2.44. The Balaban J connectivity index is 0.000000490. The molecule has 1 aliphatic rings. The summed E-state index contributed by atoms with van der Waals surface area (Å²) in [7, 11) is 0. The molecule has 46 valence electrons. The first-order chi connectivity index (χ1) is 3.21. The van der Waals surface area contributed by atoms with E-state index in [4.69, 9.17) is 0 Å². The molecule has 0 radical (unpaired) electrons. The highest BCUT2D eigenvalue weighted by Gasteiger charge is 2.24. The summed E-state index contributed by atoms with van der Waals surface area (Å²) < 4.78 is 0.507. The highest BCUT2D eigenvalue weighted by molar-refractivity contribution is 9.10. The Morgan fingerprint density at radius 3 is 1.75 bits per heavy atom. The molecule has 1 saturated carbocycles. The summed E-state index contributed by atoms with van der Waals surface area (Å²) in [5, 5.41) is 0. The Bertz CT molecular complexity index is 62.9. The lowest BCUT2D eigenvalue weighted by Crippen LogP contribution is -2.06. The zero-order valence-electron chi connectivity index (χ0n) is 4.71. The van der Waals surface area contributed by atoms with Crippen LogP contribution in [0.5, 0.6) is 0 Å². The zero-order valence-corrected chi connectivity index (χ0v) is 6.29. The maximum atomic E-state index is 3.64. The average molecular weight is 189 g/mol. The highest BCUT2D eigenvalue weighted by atomic mass is 79.9. The van der Waals surface area contributed by atoms with Crippen LogP contribution in [0.4, 0.5) is 0 Å². The lowest BCUT2D eigenvalue weighted by atomic mass is 10.1. The van der Waals surface area contributed by atoms with Gasteiger partial charge in [-0.3, -0.25) is 0 Å². The van der Waals surface area contributed by atoms with Crippen molar-refractivity contribution in [2.45, 2.75) is 36.9 Å². The van der Waals surface area contributed by atoms with Gasteiger partial charge in [0.1, 0.15) is 0 Å². The van der Waals surface area contributed by atoms with E-state index < -0.39 is 0 Å². The smallest absolute Gasteiger partial charge is 0.0856 e. The molecule has 0 atom stereocenters. The lowest BCUT2D eigenvalue weighted by Gasteiger charge is -2.11. The van der Waals surface area contributed by atoms with Gasteiger partial charge >= 0.3 is 23.1 Å². The topological polar surface area (TPSA) is 0 Å². The molecule has 0 N–H and O–H groups in total. The molecule has 0 aromatic heterocycles. The van der Waals surface area contributed by atoms with Crippen molar-refractivity contribution in [2.24, 2.45) is 0 Å². The third-order valence-electron chi connectivity index (χ3n) is 1.65. The number of rotatable bonds is 0. The predicted octanol–water partition coefficient (Wildman–Crippen LogP) is 1.80. The first-order valence-corrected chi connectivity index (χ1v) is 3.69. The third kappa shape index (κ3) is 2.69. The molecule has 1 aliphatic carbocycles. The van der Waals surface area contributed by atoms with Gasteiger partial charge in [-0.2, -0.15) is 0 Å². The van der Waals surface area contributed by atoms with Crippen LogP contribution in [-0.2, 0) is 0 Å². The number of halogens is 1. The molecule has 0 nitrogen and oxygen atoms in total. The quantitative estimate of drug-likeness (QED) is 0.403. The monoisotopic (exact) mass is 188 g/mol. The largest absolute Gasteiger partial charge is 0.316 e. The Labute approximate surface area is 75.7 Å². The van der Waals surface area contributed by atoms with Gasteiger partial charge in [0.15, 0.2) is 0 Å². The van der Waals surface area contributed by atoms with Crippen LogP contribution in [0.25, 0.3) is 0 Å². The number of alkyl halides is 1. The van der Waals surface area contributed by atoms with Crippen molar-refractivity contribution >= 4 is 39.0 Å². The molecule has 0 spiro atoms. The van der Waals surface area contributed by atoms with E-state index in [1.54, 1.807) is 0 Å². The maximum absolute atomic E-state index is 3.64. The minimum Gasteiger partial charge on any atom is -0.0856 e. The fourth-order valence-electron chi connectivity index (χ4n) is 1.11. The normalized spacial score (nSPS) is 24.8.